The first kappa shape index (κ1) is 36.3. The molecule has 11 aromatic carbocycles. The molecule has 15 aromatic rings. The van der Waals surface area contributed by atoms with E-state index in [1.165, 1.54) is 70.5 Å². The summed E-state index contributed by atoms with van der Waals surface area (Å²) >= 11 is 0. The van der Waals surface area contributed by atoms with Crippen LogP contribution in [0.4, 0.5) is 0 Å². The fourth-order valence-corrected chi connectivity index (χ4v) is 10.9. The van der Waals surface area contributed by atoms with E-state index in [0.717, 1.165) is 66.4 Å². The Kier molecular flexibility index (Phi) is 7.44. The van der Waals surface area contributed by atoms with Crippen molar-refractivity contribution in [3.05, 3.63) is 218 Å². The van der Waals surface area contributed by atoms with Crippen molar-refractivity contribution in [3.63, 3.8) is 0 Å². The lowest BCUT2D eigenvalue weighted by molar-refractivity contribution is 0.669. The summed E-state index contributed by atoms with van der Waals surface area (Å²) in [5.74, 6) is 0.665. The lowest BCUT2D eigenvalue weighted by Gasteiger charge is -2.13. The first-order valence-corrected chi connectivity index (χ1v) is 22.8. The largest absolute Gasteiger partial charge is 0.456 e. The summed E-state index contributed by atoms with van der Waals surface area (Å²) in [7, 11) is 0. The predicted molar refractivity (Wildman–Crippen MR) is 279 cm³/mol. The quantitative estimate of drug-likeness (QED) is 0.177. The Bertz CT molecular complexity index is 4590. The molecule has 0 bridgehead atoms. The van der Waals surface area contributed by atoms with Crippen LogP contribution in [0.15, 0.2) is 223 Å². The van der Waals surface area contributed by atoms with Crippen LogP contribution in [0.5, 0.6) is 0 Å². The van der Waals surface area contributed by atoms with Gasteiger partial charge in [-0.25, -0.2) is 9.97 Å². The van der Waals surface area contributed by atoms with Crippen molar-refractivity contribution < 1.29 is 4.42 Å². The molecule has 0 atom stereocenters. The second-order valence-electron chi connectivity index (χ2n) is 17.8. The fourth-order valence-electron chi connectivity index (χ4n) is 10.9. The first-order valence-electron chi connectivity index (χ1n) is 22.8. The lowest BCUT2D eigenvalue weighted by Crippen LogP contribution is -1.96. The summed E-state index contributed by atoms with van der Waals surface area (Å²) in [6, 6.07) is 78.7. The van der Waals surface area contributed by atoms with Crippen molar-refractivity contribution >= 4 is 109 Å². The van der Waals surface area contributed by atoms with Gasteiger partial charge in [0, 0.05) is 60.2 Å². The topological polar surface area (TPSA) is 48.8 Å². The Morgan fingerprint density at radius 1 is 0.313 bits per heavy atom. The van der Waals surface area contributed by atoms with Gasteiger partial charge in [-0.05, 0) is 117 Å². The van der Waals surface area contributed by atoms with Crippen LogP contribution in [0.2, 0.25) is 0 Å². The number of aromatic nitrogens is 4. The van der Waals surface area contributed by atoms with Crippen molar-refractivity contribution in [1.82, 2.24) is 19.1 Å². The molecule has 0 saturated carbocycles. The molecule has 0 radical (unpaired) electrons. The Hall–Kier alpha value is -9.06. The molecule has 4 heterocycles. The molecule has 0 amide bonds. The first-order chi connectivity index (χ1) is 33.2. The van der Waals surface area contributed by atoms with Gasteiger partial charge in [0.25, 0.3) is 0 Å². The number of nitrogens with zero attached hydrogens (tertiary/aromatic N) is 4. The highest BCUT2D eigenvalue weighted by atomic mass is 16.3. The van der Waals surface area contributed by atoms with Crippen molar-refractivity contribution in [2.24, 2.45) is 0 Å². The molecule has 0 spiro atoms. The standard InChI is InChI=1S/C62H36N4O/c1-2-12-46-38(11-1)26-30-56-60(46)51-16-5-9-19-55(51)65(56)44-28-24-39-35-57-52(34-43(39)33-44)47-13-4-8-18-54(47)66(57)45-27-23-37-21-22-40(31-42(37)32-45)61-50-15-3-7-17-53(50)63-62(64-61)41-25-29-49-48-14-6-10-20-58(48)67-59(49)36-41/h1-36H. The zero-order chi connectivity index (χ0) is 43.7. The molecule has 0 fully saturated rings. The number of hydrogen-bond acceptors (Lipinski definition) is 3. The molecule has 15 rings (SSSR count). The van der Waals surface area contributed by atoms with E-state index in [1.807, 2.05) is 24.3 Å². The third kappa shape index (κ3) is 5.37. The Morgan fingerprint density at radius 2 is 0.940 bits per heavy atom. The monoisotopic (exact) mass is 852 g/mol. The number of rotatable bonds is 4. The zero-order valence-electron chi connectivity index (χ0n) is 36.0. The predicted octanol–water partition coefficient (Wildman–Crippen LogP) is 16.5. The zero-order valence-corrected chi connectivity index (χ0v) is 36.0. The summed E-state index contributed by atoms with van der Waals surface area (Å²) in [5.41, 5.74) is 12.5. The molecule has 0 aliphatic carbocycles. The van der Waals surface area contributed by atoms with Gasteiger partial charge in [0.05, 0.1) is 33.3 Å². The molecular formula is C62H36N4O. The van der Waals surface area contributed by atoms with Gasteiger partial charge in [0.2, 0.25) is 0 Å². The molecule has 0 aliphatic rings. The molecule has 0 aliphatic heterocycles. The average molecular weight is 853 g/mol. The maximum absolute atomic E-state index is 6.28. The Morgan fingerprint density at radius 3 is 1.81 bits per heavy atom. The maximum Gasteiger partial charge on any atom is 0.160 e. The van der Waals surface area contributed by atoms with Crippen molar-refractivity contribution in [2.45, 2.75) is 0 Å². The average Bonchev–Trinajstić information content (AvgIpc) is 4.04. The van der Waals surface area contributed by atoms with Crippen LogP contribution in [0, 0.1) is 0 Å². The fraction of sp³-hybridized carbons (Fsp3) is 0. The van der Waals surface area contributed by atoms with Crippen molar-refractivity contribution in [1.29, 1.82) is 0 Å². The van der Waals surface area contributed by atoms with Crippen LogP contribution in [-0.4, -0.2) is 19.1 Å². The highest BCUT2D eigenvalue weighted by Crippen LogP contribution is 2.41. The van der Waals surface area contributed by atoms with E-state index >= 15 is 0 Å². The van der Waals surface area contributed by atoms with Gasteiger partial charge in [-0.15, -0.1) is 0 Å². The Balaban J connectivity index is 0.872. The molecule has 67 heavy (non-hydrogen) atoms. The van der Waals surface area contributed by atoms with E-state index in [-0.39, 0.29) is 0 Å². The molecule has 5 heteroatoms. The molecule has 0 unspecified atom stereocenters. The van der Waals surface area contributed by atoms with E-state index < -0.39 is 0 Å². The molecule has 4 aromatic heterocycles. The van der Waals surface area contributed by atoms with Crippen LogP contribution < -0.4 is 0 Å². The maximum atomic E-state index is 6.28. The van der Waals surface area contributed by atoms with Crippen LogP contribution >= 0.6 is 0 Å². The van der Waals surface area contributed by atoms with Crippen molar-refractivity contribution in [2.75, 3.05) is 0 Å². The lowest BCUT2D eigenvalue weighted by atomic mass is 10.0. The third-order valence-corrected chi connectivity index (χ3v) is 14.0. The minimum atomic E-state index is 0.665. The van der Waals surface area contributed by atoms with Crippen molar-refractivity contribution in [3.8, 4) is 34.0 Å². The number of para-hydroxylation sites is 4. The second kappa shape index (κ2) is 13.7. The number of fused-ring (bicyclic) bond motifs is 14. The van der Waals surface area contributed by atoms with Gasteiger partial charge in [0.15, 0.2) is 5.82 Å². The van der Waals surface area contributed by atoms with Gasteiger partial charge >= 0.3 is 0 Å². The molecule has 0 saturated heterocycles. The normalized spacial score (nSPS) is 12.2. The summed E-state index contributed by atoms with van der Waals surface area (Å²) in [4.78, 5) is 10.4. The summed E-state index contributed by atoms with van der Waals surface area (Å²) < 4.78 is 11.1. The minimum absolute atomic E-state index is 0.665. The molecular weight excluding hydrogens is 817 g/mol. The summed E-state index contributed by atoms with van der Waals surface area (Å²) in [5, 5.41) is 15.4. The highest BCUT2D eigenvalue weighted by molar-refractivity contribution is 6.21. The second-order valence-corrected chi connectivity index (χ2v) is 17.8. The van der Waals surface area contributed by atoms with Crippen LogP contribution in [0.1, 0.15) is 0 Å². The molecule has 0 N–H and O–H groups in total. The Labute approximate surface area is 383 Å². The number of benzene rings is 11. The van der Waals surface area contributed by atoms with Crippen LogP contribution in [-0.2, 0) is 0 Å². The summed E-state index contributed by atoms with van der Waals surface area (Å²) in [6.07, 6.45) is 0. The van der Waals surface area contributed by atoms with E-state index in [0.29, 0.717) is 5.82 Å². The van der Waals surface area contributed by atoms with Gasteiger partial charge < -0.3 is 13.6 Å². The van der Waals surface area contributed by atoms with E-state index in [4.69, 9.17) is 14.4 Å². The van der Waals surface area contributed by atoms with Gasteiger partial charge in [0.1, 0.15) is 11.2 Å². The third-order valence-electron chi connectivity index (χ3n) is 14.0. The summed E-state index contributed by atoms with van der Waals surface area (Å²) in [6.45, 7) is 0. The van der Waals surface area contributed by atoms with E-state index in [1.54, 1.807) is 0 Å². The number of hydrogen-bond donors (Lipinski definition) is 0. The van der Waals surface area contributed by atoms with Gasteiger partial charge in [-0.2, -0.15) is 0 Å². The van der Waals surface area contributed by atoms with E-state index in [2.05, 4.69) is 203 Å². The smallest absolute Gasteiger partial charge is 0.160 e. The van der Waals surface area contributed by atoms with Crippen LogP contribution in [0.25, 0.3) is 143 Å². The molecule has 5 nitrogen and oxygen atoms in total. The minimum Gasteiger partial charge on any atom is -0.456 e. The SMILES string of the molecule is c1ccc2c(c1)ccc1c2c2ccccc2n1-c1ccc2cc3c(cc2c1)c1ccccc1n3-c1ccc2ccc(-c3nc(-c4ccc5c(c4)oc4ccccc45)nc4ccccc34)cc2c1. The highest BCUT2D eigenvalue weighted by Gasteiger charge is 2.19. The number of furan rings is 1. The molecule has 310 valence electrons. The van der Waals surface area contributed by atoms with E-state index in [9.17, 15) is 0 Å². The van der Waals surface area contributed by atoms with Crippen LogP contribution in [0.3, 0.4) is 0 Å². The van der Waals surface area contributed by atoms with Gasteiger partial charge in [-0.3, -0.25) is 0 Å². The van der Waals surface area contributed by atoms with Gasteiger partial charge in [-0.1, -0.05) is 133 Å².